The van der Waals surface area contributed by atoms with Crippen LogP contribution in [0, 0.1) is 5.41 Å². The maximum absolute atomic E-state index is 12.0. The van der Waals surface area contributed by atoms with E-state index in [1.807, 2.05) is 4.90 Å². The predicted molar refractivity (Wildman–Crippen MR) is 74.4 cm³/mol. The largest absolute Gasteiger partial charge is 0.343 e. The first-order valence-electron chi connectivity index (χ1n) is 6.75. The number of carbonyl (C=O) groups excluding carboxylic acids is 3. The summed E-state index contributed by atoms with van der Waals surface area (Å²) in [4.78, 5) is 39.9. The summed E-state index contributed by atoms with van der Waals surface area (Å²) in [5, 5.41) is 0. The lowest BCUT2D eigenvalue weighted by Crippen LogP contribution is -2.61. The van der Waals surface area contributed by atoms with Gasteiger partial charge in [-0.25, -0.2) is 4.79 Å². The molecule has 2 aliphatic rings. The van der Waals surface area contributed by atoms with Crippen molar-refractivity contribution in [2.24, 2.45) is 5.41 Å². The van der Waals surface area contributed by atoms with Gasteiger partial charge in [-0.05, 0) is 12.8 Å². The van der Waals surface area contributed by atoms with Crippen LogP contribution in [0.25, 0.3) is 0 Å². The van der Waals surface area contributed by atoms with Crippen LogP contribution in [0.15, 0.2) is 0 Å². The lowest BCUT2D eigenvalue weighted by molar-refractivity contribution is -0.135. The van der Waals surface area contributed by atoms with Crippen molar-refractivity contribution in [3.63, 3.8) is 0 Å². The van der Waals surface area contributed by atoms with E-state index in [1.165, 1.54) is 4.90 Å². The molecular weight excluding hydrogens is 282 g/mol. The molecule has 0 aromatic rings. The number of urea groups is 1. The summed E-state index contributed by atoms with van der Waals surface area (Å²) in [6.07, 6.45) is 1.60. The highest BCUT2D eigenvalue weighted by molar-refractivity contribution is 6.28. The van der Waals surface area contributed by atoms with E-state index < -0.39 is 0 Å². The summed E-state index contributed by atoms with van der Waals surface area (Å²) in [5.74, 6) is -0.458. The monoisotopic (exact) mass is 301 g/mol. The first-order valence-corrected chi connectivity index (χ1v) is 7.29. The summed E-state index contributed by atoms with van der Waals surface area (Å²) in [6.45, 7) is 3.97. The van der Waals surface area contributed by atoms with Crippen molar-refractivity contribution in [1.29, 1.82) is 0 Å². The summed E-state index contributed by atoms with van der Waals surface area (Å²) in [6, 6.07) is -0.282. The first-order chi connectivity index (χ1) is 9.38. The van der Waals surface area contributed by atoms with E-state index in [0.717, 1.165) is 12.8 Å². The van der Waals surface area contributed by atoms with E-state index in [1.54, 1.807) is 18.9 Å². The molecule has 0 radical (unpaired) electrons. The molecule has 1 spiro atoms. The normalized spacial score (nSPS) is 22.4. The molecule has 2 fully saturated rings. The SMILES string of the molecule is CC(=O)N1CCC2(CC1)CN(C)C(=O)N(C(=O)CCl)C2. The third-order valence-corrected chi connectivity index (χ3v) is 4.54. The van der Waals surface area contributed by atoms with Crippen LogP contribution < -0.4 is 0 Å². The molecule has 4 amide bonds. The lowest BCUT2D eigenvalue weighted by Gasteiger charge is -2.49. The van der Waals surface area contributed by atoms with Crippen LogP contribution >= 0.6 is 11.6 Å². The van der Waals surface area contributed by atoms with Gasteiger partial charge in [-0.2, -0.15) is 0 Å². The molecule has 2 saturated heterocycles. The Morgan fingerprint density at radius 1 is 1.25 bits per heavy atom. The molecule has 6 nitrogen and oxygen atoms in total. The molecule has 0 aromatic carbocycles. The van der Waals surface area contributed by atoms with E-state index in [9.17, 15) is 14.4 Å². The van der Waals surface area contributed by atoms with Gasteiger partial charge >= 0.3 is 6.03 Å². The Kier molecular flexibility index (Phi) is 4.22. The Balaban J connectivity index is 2.11. The van der Waals surface area contributed by atoms with Gasteiger partial charge in [-0.1, -0.05) is 0 Å². The zero-order valence-electron chi connectivity index (χ0n) is 11.9. The fourth-order valence-corrected chi connectivity index (χ4v) is 3.25. The minimum absolute atomic E-state index is 0.0776. The molecular formula is C13H20ClN3O3. The van der Waals surface area contributed by atoms with Crippen molar-refractivity contribution in [1.82, 2.24) is 14.7 Å². The molecule has 2 aliphatic heterocycles. The number of imide groups is 1. The van der Waals surface area contributed by atoms with Gasteiger partial charge in [0, 0.05) is 45.6 Å². The molecule has 2 rings (SSSR count). The molecule has 0 bridgehead atoms. The van der Waals surface area contributed by atoms with Crippen molar-refractivity contribution in [2.45, 2.75) is 19.8 Å². The number of alkyl halides is 1. The second kappa shape index (κ2) is 5.60. The predicted octanol–water partition coefficient (Wildman–Crippen LogP) is 0.748. The van der Waals surface area contributed by atoms with Gasteiger partial charge in [0.15, 0.2) is 0 Å². The number of amides is 4. The van der Waals surface area contributed by atoms with Crippen LogP contribution in [0.1, 0.15) is 19.8 Å². The Hall–Kier alpha value is -1.30. The van der Waals surface area contributed by atoms with E-state index in [-0.39, 0.29) is 29.1 Å². The molecule has 0 unspecified atom stereocenters. The fraction of sp³-hybridized carbons (Fsp3) is 0.769. The minimum atomic E-state index is -0.350. The molecule has 0 aromatic heterocycles. The second-order valence-corrected chi connectivity index (χ2v) is 6.03. The summed E-state index contributed by atoms with van der Waals surface area (Å²) < 4.78 is 0. The topological polar surface area (TPSA) is 60.9 Å². The van der Waals surface area contributed by atoms with Crippen molar-refractivity contribution in [3.8, 4) is 0 Å². The van der Waals surface area contributed by atoms with Crippen molar-refractivity contribution < 1.29 is 14.4 Å². The van der Waals surface area contributed by atoms with E-state index in [2.05, 4.69) is 0 Å². The average molecular weight is 302 g/mol. The van der Waals surface area contributed by atoms with E-state index in [0.29, 0.717) is 26.2 Å². The second-order valence-electron chi connectivity index (χ2n) is 5.76. The fourth-order valence-electron chi connectivity index (χ4n) is 3.11. The van der Waals surface area contributed by atoms with E-state index >= 15 is 0 Å². The summed E-state index contributed by atoms with van der Waals surface area (Å²) >= 11 is 5.58. The maximum atomic E-state index is 12.0. The molecule has 0 N–H and O–H groups in total. The number of halogens is 1. The molecule has 2 heterocycles. The third kappa shape index (κ3) is 2.75. The molecule has 0 aliphatic carbocycles. The highest BCUT2D eigenvalue weighted by Crippen LogP contribution is 2.36. The number of hydrogen-bond acceptors (Lipinski definition) is 3. The van der Waals surface area contributed by atoms with Crippen molar-refractivity contribution in [2.75, 3.05) is 39.1 Å². The van der Waals surface area contributed by atoms with Crippen LogP contribution in [-0.2, 0) is 9.59 Å². The van der Waals surface area contributed by atoms with Gasteiger partial charge < -0.3 is 9.80 Å². The third-order valence-electron chi connectivity index (χ3n) is 4.31. The van der Waals surface area contributed by atoms with Gasteiger partial charge in [0.2, 0.25) is 11.8 Å². The number of nitrogens with zero attached hydrogens (tertiary/aromatic N) is 3. The smallest absolute Gasteiger partial charge is 0.326 e. The van der Waals surface area contributed by atoms with Gasteiger partial charge in [0.1, 0.15) is 5.88 Å². The van der Waals surface area contributed by atoms with Crippen LogP contribution in [0.4, 0.5) is 4.79 Å². The zero-order chi connectivity index (χ0) is 14.9. The van der Waals surface area contributed by atoms with Crippen LogP contribution in [-0.4, -0.2) is 71.7 Å². The van der Waals surface area contributed by atoms with Gasteiger partial charge in [0.05, 0.1) is 0 Å². The van der Waals surface area contributed by atoms with Crippen molar-refractivity contribution in [3.05, 3.63) is 0 Å². The highest BCUT2D eigenvalue weighted by atomic mass is 35.5. The molecule has 20 heavy (non-hydrogen) atoms. The number of hydrogen-bond donors (Lipinski definition) is 0. The number of likely N-dealkylation sites (tertiary alicyclic amines) is 1. The van der Waals surface area contributed by atoms with Crippen LogP contribution in [0.2, 0.25) is 0 Å². The first kappa shape index (κ1) is 15.1. The number of carbonyl (C=O) groups is 3. The average Bonchev–Trinajstić information content (AvgIpc) is 2.42. The Bertz CT molecular complexity index is 433. The summed E-state index contributed by atoms with van der Waals surface area (Å²) in [7, 11) is 1.70. The molecule has 0 atom stereocenters. The summed E-state index contributed by atoms with van der Waals surface area (Å²) in [5.41, 5.74) is -0.115. The Morgan fingerprint density at radius 2 is 1.85 bits per heavy atom. The molecule has 112 valence electrons. The quantitative estimate of drug-likeness (QED) is 0.672. The minimum Gasteiger partial charge on any atom is -0.343 e. The Morgan fingerprint density at radius 3 is 2.35 bits per heavy atom. The van der Waals surface area contributed by atoms with Crippen molar-refractivity contribution >= 4 is 29.4 Å². The highest BCUT2D eigenvalue weighted by Gasteiger charge is 2.45. The Labute approximate surface area is 123 Å². The zero-order valence-corrected chi connectivity index (χ0v) is 12.7. The van der Waals surface area contributed by atoms with Crippen LogP contribution in [0.3, 0.4) is 0 Å². The maximum Gasteiger partial charge on any atom is 0.326 e. The standard InChI is InChI=1S/C13H20ClN3O3/c1-10(18)16-5-3-13(4-6-16)8-15(2)12(20)17(9-13)11(19)7-14/h3-9H2,1-2H3. The number of rotatable bonds is 1. The molecule has 7 heteroatoms. The van der Waals surface area contributed by atoms with Gasteiger partial charge in [-0.15, -0.1) is 11.6 Å². The van der Waals surface area contributed by atoms with E-state index in [4.69, 9.17) is 11.6 Å². The number of piperidine rings is 1. The molecule has 0 saturated carbocycles. The van der Waals surface area contributed by atoms with Gasteiger partial charge in [-0.3, -0.25) is 14.5 Å². The van der Waals surface area contributed by atoms with Gasteiger partial charge in [0.25, 0.3) is 0 Å². The van der Waals surface area contributed by atoms with Crippen LogP contribution in [0.5, 0.6) is 0 Å². The lowest BCUT2D eigenvalue weighted by atomic mass is 9.76.